The maximum absolute atomic E-state index is 10.0. The molecule has 3 aromatic rings. The van der Waals surface area contributed by atoms with Crippen molar-refractivity contribution in [3.05, 3.63) is 94.2 Å². The number of nitrogens with one attached hydrogen (secondary N) is 2. The van der Waals surface area contributed by atoms with E-state index in [1.54, 1.807) is 24.4 Å². The van der Waals surface area contributed by atoms with Gasteiger partial charge in [0.2, 0.25) is 0 Å². The first-order valence-corrected chi connectivity index (χ1v) is 16.0. The molecule has 5 heteroatoms. The van der Waals surface area contributed by atoms with Crippen molar-refractivity contribution < 1.29 is 9.53 Å². The molecule has 1 aromatic heterocycles. The Balaban J connectivity index is 0.000000200. The molecule has 0 saturated heterocycles. The summed E-state index contributed by atoms with van der Waals surface area (Å²) in [4.78, 5) is 17.4. The lowest BCUT2D eigenvalue weighted by atomic mass is 9.80. The molecule has 0 saturated carbocycles. The molecule has 2 heterocycles. The molecule has 2 aliphatic rings. The number of carbonyl (C=O) groups is 1. The predicted molar refractivity (Wildman–Crippen MR) is 178 cm³/mol. The summed E-state index contributed by atoms with van der Waals surface area (Å²) in [6.07, 6.45) is 21.9. The van der Waals surface area contributed by atoms with Gasteiger partial charge in [0.15, 0.2) is 0 Å². The highest BCUT2D eigenvalue weighted by Gasteiger charge is 2.22. The zero-order chi connectivity index (χ0) is 31.0. The first-order chi connectivity index (χ1) is 20.8. The normalized spacial score (nSPS) is 17.0. The number of hydrogen-bond donors (Lipinski definition) is 2. The van der Waals surface area contributed by atoms with Crippen LogP contribution in [0.25, 0.3) is 0 Å². The number of fused-ring (bicyclic) bond motifs is 2. The zero-order valence-electron chi connectivity index (χ0n) is 27.0. The number of nitrogens with zero attached hydrogens (tertiary/aromatic N) is 1. The van der Waals surface area contributed by atoms with E-state index in [2.05, 4.69) is 78.5 Å². The van der Waals surface area contributed by atoms with Crippen LogP contribution in [-0.4, -0.2) is 22.4 Å². The van der Waals surface area contributed by atoms with Crippen molar-refractivity contribution in [1.29, 1.82) is 0 Å². The van der Waals surface area contributed by atoms with Crippen LogP contribution in [0.3, 0.4) is 0 Å². The van der Waals surface area contributed by atoms with Crippen molar-refractivity contribution in [2.75, 3.05) is 6.61 Å². The summed E-state index contributed by atoms with van der Waals surface area (Å²) in [6.45, 7) is 10.9. The van der Waals surface area contributed by atoms with Crippen LogP contribution in [0.15, 0.2) is 60.7 Å². The minimum Gasteiger partial charge on any atom is -0.493 e. The average Bonchev–Trinajstić information content (AvgIpc) is 3.51. The van der Waals surface area contributed by atoms with E-state index in [1.165, 1.54) is 53.6 Å². The van der Waals surface area contributed by atoms with E-state index in [4.69, 9.17) is 11.2 Å². The second kappa shape index (κ2) is 18.0. The van der Waals surface area contributed by atoms with E-state index >= 15 is 0 Å². The number of rotatable bonds is 9. The number of hydrogen-bond acceptors (Lipinski definition) is 4. The Labute approximate surface area is 260 Å². The third-order valence-electron chi connectivity index (χ3n) is 8.11. The van der Waals surface area contributed by atoms with Gasteiger partial charge in [-0.25, -0.2) is 4.98 Å². The van der Waals surface area contributed by atoms with Gasteiger partial charge in [0.05, 0.1) is 12.9 Å². The Kier molecular flexibility index (Phi) is 14.1. The molecule has 2 unspecified atom stereocenters. The number of Topliss-reactive ketones (excluding diaryl/α,β-unsaturated/α-hetero) is 1. The minimum absolute atomic E-state index is 0.289. The number of aromatic nitrogens is 2. The first-order valence-electron chi connectivity index (χ1n) is 16.0. The number of imidazole rings is 1. The van der Waals surface area contributed by atoms with Crippen LogP contribution in [0.4, 0.5) is 0 Å². The van der Waals surface area contributed by atoms with Crippen molar-refractivity contribution in [2.45, 2.75) is 111 Å². The van der Waals surface area contributed by atoms with Crippen molar-refractivity contribution in [3.8, 4) is 18.2 Å². The van der Waals surface area contributed by atoms with Crippen LogP contribution in [0.1, 0.15) is 118 Å². The highest BCUT2D eigenvalue weighted by Crippen LogP contribution is 2.38. The Hall–Kier alpha value is -3.78. The number of carbonyl (C=O) groups excluding carboxylic acids is 1. The fourth-order valence-corrected chi connectivity index (χ4v) is 6.03. The SMILES string of the molecule is C#CN/C=C(\C)CC1CCOc2ccc(CCC)cc21.CCCC(C)=O.Cc1ccc2c(c1)C(Cc1cnc[nH]1)CCC2. The first kappa shape index (κ1) is 33.7. The number of benzene rings is 2. The molecule has 43 heavy (non-hydrogen) atoms. The third kappa shape index (κ3) is 11.1. The van der Waals surface area contributed by atoms with Gasteiger partial charge in [0, 0.05) is 30.6 Å². The Morgan fingerprint density at radius 3 is 2.63 bits per heavy atom. The lowest BCUT2D eigenvalue weighted by molar-refractivity contribution is -0.117. The fraction of sp³-hybridized carbons (Fsp3) is 0.474. The molecule has 0 spiro atoms. The molecular weight excluding hydrogens is 530 g/mol. The molecule has 5 nitrogen and oxygen atoms in total. The van der Waals surface area contributed by atoms with Crippen molar-refractivity contribution in [2.24, 2.45) is 0 Å². The van der Waals surface area contributed by atoms with Gasteiger partial charge in [-0.1, -0.05) is 68.2 Å². The number of ether oxygens (including phenoxy) is 1. The van der Waals surface area contributed by atoms with Gasteiger partial charge in [-0.3, -0.25) is 0 Å². The van der Waals surface area contributed by atoms with Crippen molar-refractivity contribution in [1.82, 2.24) is 15.3 Å². The lowest BCUT2D eigenvalue weighted by Crippen LogP contribution is -2.15. The highest BCUT2D eigenvalue weighted by molar-refractivity contribution is 5.75. The maximum Gasteiger partial charge on any atom is 0.129 e. The molecule has 0 fully saturated rings. The van der Waals surface area contributed by atoms with Gasteiger partial charge in [0.1, 0.15) is 11.5 Å². The van der Waals surface area contributed by atoms with Crippen LogP contribution in [-0.2, 0) is 24.1 Å². The van der Waals surface area contributed by atoms with Gasteiger partial charge >= 0.3 is 0 Å². The van der Waals surface area contributed by atoms with Gasteiger partial charge in [-0.05, 0) is 112 Å². The number of H-pyrrole nitrogens is 1. The largest absolute Gasteiger partial charge is 0.493 e. The van der Waals surface area contributed by atoms with Gasteiger partial charge in [-0.15, -0.1) is 0 Å². The number of aromatic amines is 1. The topological polar surface area (TPSA) is 67.0 Å². The standard InChI is InChI=1S/C18H23NO.C15H18N2.C5H10O/c1-4-6-15-7-8-18-17(12-15)16(9-10-20-18)11-14(3)13-19-5-2;1-11-5-6-12-3-2-4-13(15(12)7-11)8-14-9-16-10-17-14;1-3-4-5(2)6/h2,7-8,12-13,16,19H,4,6,9-11H2,1,3H3;5-7,9-10,13H,2-4,8H2,1H3,(H,16,17);3-4H2,1-2H3/b14-13+;;. The van der Waals surface area contributed by atoms with Crippen LogP contribution >= 0.6 is 0 Å². The summed E-state index contributed by atoms with van der Waals surface area (Å²) < 4.78 is 5.78. The molecule has 2 N–H and O–H groups in total. The summed E-state index contributed by atoms with van der Waals surface area (Å²) in [6, 6.07) is 16.0. The molecule has 1 aliphatic heterocycles. The molecular formula is C38H51N3O2. The fourth-order valence-electron chi connectivity index (χ4n) is 6.03. The molecule has 2 aromatic carbocycles. The van der Waals surface area contributed by atoms with Crippen LogP contribution in [0, 0.1) is 19.4 Å². The summed E-state index contributed by atoms with van der Waals surface area (Å²) in [5.74, 6) is 2.54. The van der Waals surface area contributed by atoms with E-state index in [1.807, 2.05) is 19.3 Å². The predicted octanol–water partition coefficient (Wildman–Crippen LogP) is 8.74. The van der Waals surface area contributed by atoms with Crippen LogP contribution in [0.5, 0.6) is 5.75 Å². The zero-order valence-corrected chi connectivity index (χ0v) is 27.0. The Morgan fingerprint density at radius 1 is 1.12 bits per heavy atom. The van der Waals surface area contributed by atoms with Crippen LogP contribution < -0.4 is 10.1 Å². The summed E-state index contributed by atoms with van der Waals surface area (Å²) in [5.41, 5.74) is 9.78. The van der Waals surface area contributed by atoms with Gasteiger partial charge in [0.25, 0.3) is 0 Å². The van der Waals surface area contributed by atoms with E-state index in [-0.39, 0.29) is 5.78 Å². The highest BCUT2D eigenvalue weighted by atomic mass is 16.5. The van der Waals surface area contributed by atoms with Gasteiger partial charge in [-0.2, -0.15) is 0 Å². The van der Waals surface area contributed by atoms with Gasteiger partial charge < -0.3 is 19.8 Å². The summed E-state index contributed by atoms with van der Waals surface area (Å²) >= 11 is 0. The van der Waals surface area contributed by atoms with E-state index in [0.717, 1.165) is 50.9 Å². The third-order valence-corrected chi connectivity index (χ3v) is 8.11. The maximum atomic E-state index is 10.0. The Bertz CT molecular complexity index is 1350. The minimum atomic E-state index is 0.289. The van der Waals surface area contributed by atoms with E-state index in [9.17, 15) is 4.79 Å². The molecule has 1 aliphatic carbocycles. The number of allylic oxidation sites excluding steroid dienone is 1. The smallest absolute Gasteiger partial charge is 0.129 e. The Morgan fingerprint density at radius 2 is 1.95 bits per heavy atom. The van der Waals surface area contributed by atoms with Crippen molar-refractivity contribution >= 4 is 5.78 Å². The number of terminal acetylenes is 1. The second-order valence-corrected chi connectivity index (χ2v) is 12.0. The van der Waals surface area contributed by atoms with Crippen molar-refractivity contribution in [3.63, 3.8) is 0 Å². The molecule has 5 rings (SSSR count). The second-order valence-electron chi connectivity index (χ2n) is 12.0. The quantitative estimate of drug-likeness (QED) is 0.196. The molecule has 2 atom stereocenters. The molecule has 0 radical (unpaired) electrons. The number of aryl methyl sites for hydroxylation is 3. The molecule has 0 bridgehead atoms. The van der Waals surface area contributed by atoms with E-state index < -0.39 is 0 Å². The monoisotopic (exact) mass is 581 g/mol. The lowest BCUT2D eigenvalue weighted by Gasteiger charge is -2.27. The molecule has 0 amide bonds. The summed E-state index contributed by atoms with van der Waals surface area (Å²) in [5, 5.41) is 2.83. The van der Waals surface area contributed by atoms with E-state index in [0.29, 0.717) is 11.8 Å². The average molecular weight is 582 g/mol. The molecule has 230 valence electrons. The number of ketones is 1. The summed E-state index contributed by atoms with van der Waals surface area (Å²) in [7, 11) is 0. The van der Waals surface area contributed by atoms with Crippen LogP contribution in [0.2, 0.25) is 0 Å².